The molecule has 2 N–H and O–H groups in total. The third kappa shape index (κ3) is 3.06. The molecule has 1 aromatic carbocycles. The van der Waals surface area contributed by atoms with Crippen LogP contribution in [0.2, 0.25) is 0 Å². The Morgan fingerprint density at radius 2 is 2.08 bits per heavy atom. The van der Waals surface area contributed by atoms with Crippen LogP contribution in [0.15, 0.2) is 18.2 Å². The molecule has 0 unspecified atom stereocenters. The van der Waals surface area contributed by atoms with Gasteiger partial charge in [0.1, 0.15) is 5.75 Å². The van der Waals surface area contributed by atoms with Crippen LogP contribution in [0.3, 0.4) is 0 Å². The number of fused-ring (bicyclic) bond motifs is 3. The van der Waals surface area contributed by atoms with Crippen LogP contribution in [0.1, 0.15) is 36.2 Å². The van der Waals surface area contributed by atoms with Gasteiger partial charge in [-0.2, -0.15) is 13.9 Å². The Kier molecular flexibility index (Phi) is 4.07. The molecule has 0 aliphatic carbocycles. The number of hydrogen-bond donors (Lipinski definition) is 2. The lowest BCUT2D eigenvalue weighted by Crippen LogP contribution is -2.48. The zero-order valence-electron chi connectivity index (χ0n) is 13.8. The minimum atomic E-state index is -2.91. The Hall–Kier alpha value is -2.22. The summed E-state index contributed by atoms with van der Waals surface area (Å²) in [6.07, 6.45) is 4.21. The lowest BCUT2D eigenvalue weighted by Gasteiger charge is -2.36. The second-order valence-corrected chi connectivity index (χ2v) is 6.85. The Morgan fingerprint density at radius 3 is 2.76 bits per heavy atom. The van der Waals surface area contributed by atoms with Crippen molar-refractivity contribution >= 4 is 16.8 Å². The quantitative estimate of drug-likeness (QED) is 0.889. The molecule has 3 atom stereocenters. The molecule has 134 valence electrons. The zero-order chi connectivity index (χ0) is 17.6. The molecule has 0 saturated carbocycles. The van der Waals surface area contributed by atoms with E-state index in [9.17, 15) is 13.6 Å². The molecular formula is C17H20F2N4O2. The molecule has 2 aromatic rings. The molecule has 0 radical (unpaired) electrons. The van der Waals surface area contributed by atoms with Crippen molar-refractivity contribution in [3.05, 3.63) is 23.9 Å². The highest BCUT2D eigenvalue weighted by Gasteiger charge is 2.39. The van der Waals surface area contributed by atoms with E-state index in [1.807, 2.05) is 0 Å². The molecule has 2 aliphatic heterocycles. The van der Waals surface area contributed by atoms with Crippen LogP contribution >= 0.6 is 0 Å². The molecule has 1 amide bonds. The van der Waals surface area contributed by atoms with E-state index >= 15 is 0 Å². The van der Waals surface area contributed by atoms with Gasteiger partial charge in [-0.25, -0.2) is 0 Å². The summed E-state index contributed by atoms with van der Waals surface area (Å²) in [5.74, 6) is -0.273. The topological polar surface area (TPSA) is 70.2 Å². The van der Waals surface area contributed by atoms with Crippen LogP contribution in [0.4, 0.5) is 8.78 Å². The Balaban J connectivity index is 1.52. The molecule has 3 heterocycles. The summed E-state index contributed by atoms with van der Waals surface area (Å²) >= 11 is 0. The zero-order valence-corrected chi connectivity index (χ0v) is 13.8. The number of ether oxygens (including phenoxy) is 1. The van der Waals surface area contributed by atoms with Crippen molar-refractivity contribution in [1.29, 1.82) is 0 Å². The van der Waals surface area contributed by atoms with E-state index in [0.717, 1.165) is 12.8 Å². The van der Waals surface area contributed by atoms with Gasteiger partial charge in [-0.15, -0.1) is 0 Å². The van der Waals surface area contributed by atoms with Crippen molar-refractivity contribution in [2.45, 2.75) is 50.4 Å². The average molecular weight is 350 g/mol. The van der Waals surface area contributed by atoms with Gasteiger partial charge in [0.15, 0.2) is 5.69 Å². The summed E-state index contributed by atoms with van der Waals surface area (Å²) < 4.78 is 29.2. The lowest BCUT2D eigenvalue weighted by atomic mass is 9.98. The maximum atomic E-state index is 12.6. The number of alkyl halides is 2. The van der Waals surface area contributed by atoms with E-state index in [1.54, 1.807) is 6.07 Å². The molecule has 25 heavy (non-hydrogen) atoms. The van der Waals surface area contributed by atoms with Gasteiger partial charge in [0, 0.05) is 23.5 Å². The van der Waals surface area contributed by atoms with E-state index in [0.29, 0.717) is 23.0 Å². The van der Waals surface area contributed by atoms with Crippen molar-refractivity contribution in [3.63, 3.8) is 0 Å². The first-order valence-electron chi connectivity index (χ1n) is 8.47. The van der Waals surface area contributed by atoms with Gasteiger partial charge in [0.2, 0.25) is 0 Å². The molecule has 0 spiro atoms. The van der Waals surface area contributed by atoms with Crippen LogP contribution in [-0.2, 0) is 0 Å². The lowest BCUT2D eigenvalue weighted by molar-refractivity contribution is -0.0497. The summed E-state index contributed by atoms with van der Waals surface area (Å²) in [5.41, 5.74) is 0.816. The first kappa shape index (κ1) is 16.3. The SMILES string of the molecule is CN1[C@@H]2CC[C@H]1C[C@@H](NC(=O)c1n[nH]c3ccc(OC(F)F)cc13)C2. The minimum absolute atomic E-state index is 0.00952. The highest BCUT2D eigenvalue weighted by Crippen LogP contribution is 2.34. The molecule has 8 heteroatoms. The molecule has 1 aromatic heterocycles. The Bertz CT molecular complexity index is 780. The predicted octanol–water partition coefficient (Wildman–Crippen LogP) is 2.52. The molecule has 2 bridgehead atoms. The number of halogens is 2. The molecule has 2 fully saturated rings. The smallest absolute Gasteiger partial charge is 0.387 e. The van der Waals surface area contributed by atoms with Crippen molar-refractivity contribution in [2.24, 2.45) is 0 Å². The fourth-order valence-electron chi connectivity index (χ4n) is 4.13. The van der Waals surface area contributed by atoms with E-state index < -0.39 is 6.61 Å². The standard InChI is InChI=1S/C17H20F2N4O2/c1-23-10-2-3-11(23)7-9(6-10)20-16(24)15-13-8-12(25-17(18)19)4-5-14(13)21-22-15/h4-5,8-11,17H,2-3,6-7H2,1H3,(H,20,24)(H,21,22)/t9-,10+,11-. The van der Waals surface area contributed by atoms with Crippen LogP contribution in [-0.4, -0.2) is 52.8 Å². The number of benzene rings is 1. The van der Waals surface area contributed by atoms with E-state index in [1.165, 1.54) is 25.0 Å². The predicted molar refractivity (Wildman–Crippen MR) is 87.8 cm³/mol. The third-order valence-corrected chi connectivity index (χ3v) is 5.41. The highest BCUT2D eigenvalue weighted by molar-refractivity contribution is 6.05. The van der Waals surface area contributed by atoms with Crippen molar-refractivity contribution in [2.75, 3.05) is 7.05 Å². The number of nitrogens with zero attached hydrogens (tertiary/aromatic N) is 2. The second-order valence-electron chi connectivity index (χ2n) is 6.85. The number of piperidine rings is 1. The fourth-order valence-corrected chi connectivity index (χ4v) is 4.13. The molecule has 4 rings (SSSR count). The van der Waals surface area contributed by atoms with Crippen LogP contribution in [0, 0.1) is 0 Å². The van der Waals surface area contributed by atoms with Crippen LogP contribution < -0.4 is 10.1 Å². The molecule has 6 nitrogen and oxygen atoms in total. The van der Waals surface area contributed by atoms with Gasteiger partial charge < -0.3 is 15.0 Å². The van der Waals surface area contributed by atoms with Crippen LogP contribution in [0.5, 0.6) is 5.75 Å². The number of aromatic amines is 1. The summed E-state index contributed by atoms with van der Waals surface area (Å²) in [5, 5.41) is 10.4. The summed E-state index contributed by atoms with van der Waals surface area (Å²) in [4.78, 5) is 15.0. The van der Waals surface area contributed by atoms with Gasteiger partial charge >= 0.3 is 6.61 Å². The molecular weight excluding hydrogens is 330 g/mol. The summed E-state index contributed by atoms with van der Waals surface area (Å²) in [6.45, 7) is -2.91. The van der Waals surface area contributed by atoms with Crippen LogP contribution in [0.25, 0.3) is 10.9 Å². The van der Waals surface area contributed by atoms with Crippen molar-refractivity contribution in [3.8, 4) is 5.75 Å². The van der Waals surface area contributed by atoms with Gasteiger partial charge in [0.05, 0.1) is 5.52 Å². The van der Waals surface area contributed by atoms with E-state index in [4.69, 9.17) is 0 Å². The normalized spacial score (nSPS) is 26.3. The first-order valence-corrected chi connectivity index (χ1v) is 8.47. The maximum absolute atomic E-state index is 12.6. The number of H-pyrrole nitrogens is 1. The number of hydrogen-bond acceptors (Lipinski definition) is 4. The van der Waals surface area contributed by atoms with Gasteiger partial charge in [-0.3, -0.25) is 9.89 Å². The van der Waals surface area contributed by atoms with E-state index in [2.05, 4.69) is 32.2 Å². The van der Waals surface area contributed by atoms with E-state index in [-0.39, 0.29) is 23.4 Å². The van der Waals surface area contributed by atoms with Gasteiger partial charge in [-0.05, 0) is 50.9 Å². The average Bonchev–Trinajstić information content (AvgIpc) is 3.04. The third-order valence-electron chi connectivity index (χ3n) is 5.41. The number of amides is 1. The maximum Gasteiger partial charge on any atom is 0.387 e. The summed E-state index contributed by atoms with van der Waals surface area (Å²) in [6, 6.07) is 5.57. The number of carbonyl (C=O) groups is 1. The Morgan fingerprint density at radius 1 is 1.36 bits per heavy atom. The fraction of sp³-hybridized carbons (Fsp3) is 0.529. The molecule has 2 aliphatic rings. The number of carbonyl (C=O) groups excluding carboxylic acids is 1. The van der Waals surface area contributed by atoms with Gasteiger partial charge in [-0.1, -0.05) is 0 Å². The minimum Gasteiger partial charge on any atom is -0.435 e. The monoisotopic (exact) mass is 350 g/mol. The number of aromatic nitrogens is 2. The second kappa shape index (κ2) is 6.25. The van der Waals surface area contributed by atoms with Crippen molar-refractivity contribution < 1.29 is 18.3 Å². The van der Waals surface area contributed by atoms with Crippen molar-refractivity contribution in [1.82, 2.24) is 20.4 Å². The summed E-state index contributed by atoms with van der Waals surface area (Å²) in [7, 11) is 2.14. The Labute approximate surface area is 143 Å². The first-order chi connectivity index (χ1) is 12.0. The number of rotatable bonds is 4. The highest BCUT2D eigenvalue weighted by atomic mass is 19.3. The largest absolute Gasteiger partial charge is 0.435 e. The van der Waals surface area contributed by atoms with Gasteiger partial charge in [0.25, 0.3) is 5.91 Å². The molecule has 2 saturated heterocycles. The number of nitrogens with one attached hydrogen (secondary N) is 2.